The molecule has 0 atom stereocenters. The SMILES string of the molecule is COc1ccc(-c2nc(-c3cccs3)nn2C2CCCC2)cc1. The Morgan fingerprint density at radius 2 is 1.91 bits per heavy atom. The van der Waals surface area contributed by atoms with Crippen molar-refractivity contribution in [2.45, 2.75) is 31.7 Å². The fourth-order valence-corrected chi connectivity index (χ4v) is 3.83. The molecule has 1 saturated carbocycles. The van der Waals surface area contributed by atoms with Crippen LogP contribution in [0.2, 0.25) is 0 Å². The molecule has 2 heterocycles. The average molecular weight is 325 g/mol. The summed E-state index contributed by atoms with van der Waals surface area (Å²) in [5.74, 6) is 2.65. The number of nitrogens with zero attached hydrogens (tertiary/aromatic N) is 3. The molecule has 0 radical (unpaired) electrons. The van der Waals surface area contributed by atoms with E-state index in [9.17, 15) is 0 Å². The van der Waals surface area contributed by atoms with Gasteiger partial charge in [0.1, 0.15) is 5.75 Å². The minimum atomic E-state index is 0.466. The van der Waals surface area contributed by atoms with Crippen molar-refractivity contribution in [3.05, 3.63) is 41.8 Å². The second-order valence-electron chi connectivity index (χ2n) is 5.85. The lowest BCUT2D eigenvalue weighted by molar-refractivity contribution is 0.415. The first-order valence-electron chi connectivity index (χ1n) is 8.00. The Labute approximate surface area is 139 Å². The molecular weight excluding hydrogens is 306 g/mol. The maximum Gasteiger partial charge on any atom is 0.191 e. The Morgan fingerprint density at radius 1 is 1.13 bits per heavy atom. The maximum absolute atomic E-state index is 5.26. The summed E-state index contributed by atoms with van der Waals surface area (Å²) < 4.78 is 7.40. The van der Waals surface area contributed by atoms with Crippen molar-refractivity contribution in [3.8, 4) is 27.8 Å². The minimum absolute atomic E-state index is 0.466. The zero-order valence-electron chi connectivity index (χ0n) is 13.1. The van der Waals surface area contributed by atoms with Crippen molar-refractivity contribution in [2.75, 3.05) is 7.11 Å². The summed E-state index contributed by atoms with van der Waals surface area (Å²) in [6, 6.07) is 12.7. The third-order valence-corrected chi connectivity index (χ3v) is 5.26. The van der Waals surface area contributed by atoms with Crippen molar-refractivity contribution in [2.24, 2.45) is 0 Å². The summed E-state index contributed by atoms with van der Waals surface area (Å²) >= 11 is 1.68. The fraction of sp³-hybridized carbons (Fsp3) is 0.333. The highest BCUT2D eigenvalue weighted by molar-refractivity contribution is 7.13. The van der Waals surface area contributed by atoms with Crippen molar-refractivity contribution in [1.29, 1.82) is 0 Å². The van der Waals surface area contributed by atoms with Crippen LogP contribution >= 0.6 is 11.3 Å². The Balaban J connectivity index is 1.79. The fourth-order valence-electron chi connectivity index (χ4n) is 3.17. The maximum atomic E-state index is 5.26. The van der Waals surface area contributed by atoms with Crippen molar-refractivity contribution in [1.82, 2.24) is 14.8 Å². The van der Waals surface area contributed by atoms with Crippen LogP contribution in [0.4, 0.5) is 0 Å². The number of ether oxygens (including phenoxy) is 1. The highest BCUT2D eigenvalue weighted by atomic mass is 32.1. The molecule has 0 unspecified atom stereocenters. The Morgan fingerprint density at radius 3 is 2.57 bits per heavy atom. The van der Waals surface area contributed by atoms with E-state index in [0.29, 0.717) is 6.04 Å². The Bertz CT molecular complexity index is 771. The summed E-state index contributed by atoms with van der Waals surface area (Å²) in [6.07, 6.45) is 4.94. The lowest BCUT2D eigenvalue weighted by Gasteiger charge is -2.12. The van der Waals surface area contributed by atoms with E-state index in [2.05, 4.69) is 28.3 Å². The standard InChI is InChI=1S/C18H19N3OS/c1-22-15-10-8-13(9-11-15)18-19-17(16-7-4-12-23-16)20-21(18)14-5-2-3-6-14/h4,7-12,14H,2-3,5-6H2,1H3. The molecule has 1 aromatic carbocycles. The molecule has 0 aliphatic heterocycles. The monoisotopic (exact) mass is 325 g/mol. The number of benzene rings is 1. The van der Waals surface area contributed by atoms with Gasteiger partial charge in [0.25, 0.3) is 0 Å². The molecule has 5 heteroatoms. The van der Waals surface area contributed by atoms with Crippen molar-refractivity contribution in [3.63, 3.8) is 0 Å². The molecule has 1 aliphatic carbocycles. The van der Waals surface area contributed by atoms with E-state index in [-0.39, 0.29) is 0 Å². The molecule has 2 aromatic heterocycles. The Hall–Kier alpha value is -2.14. The van der Waals surface area contributed by atoms with Crippen LogP contribution in [0, 0.1) is 0 Å². The molecule has 1 fully saturated rings. The predicted octanol–water partition coefficient (Wildman–Crippen LogP) is 4.80. The van der Waals surface area contributed by atoms with Gasteiger partial charge in [0.05, 0.1) is 18.0 Å². The quantitative estimate of drug-likeness (QED) is 0.692. The van der Waals surface area contributed by atoms with E-state index in [1.54, 1.807) is 18.4 Å². The Kier molecular flexibility index (Phi) is 3.87. The van der Waals surface area contributed by atoms with Crippen LogP contribution in [0.5, 0.6) is 5.75 Å². The molecule has 4 nitrogen and oxygen atoms in total. The number of hydrogen-bond donors (Lipinski definition) is 0. The molecule has 0 bridgehead atoms. The van der Waals surface area contributed by atoms with E-state index in [0.717, 1.165) is 27.8 Å². The summed E-state index contributed by atoms with van der Waals surface area (Å²) in [7, 11) is 1.69. The lowest BCUT2D eigenvalue weighted by Crippen LogP contribution is -2.08. The number of methoxy groups -OCH3 is 1. The predicted molar refractivity (Wildman–Crippen MR) is 92.8 cm³/mol. The molecule has 118 valence electrons. The van der Waals surface area contributed by atoms with Gasteiger partial charge in [-0.2, -0.15) is 0 Å². The molecule has 3 aromatic rings. The molecule has 0 N–H and O–H groups in total. The zero-order valence-corrected chi connectivity index (χ0v) is 13.9. The van der Waals surface area contributed by atoms with Gasteiger partial charge in [0, 0.05) is 5.56 Å². The molecule has 0 amide bonds. The van der Waals surface area contributed by atoms with Gasteiger partial charge in [0.2, 0.25) is 0 Å². The van der Waals surface area contributed by atoms with Crippen molar-refractivity contribution >= 4 is 11.3 Å². The molecule has 4 rings (SSSR count). The minimum Gasteiger partial charge on any atom is -0.497 e. The van der Waals surface area contributed by atoms with Crippen LogP contribution in [-0.4, -0.2) is 21.9 Å². The van der Waals surface area contributed by atoms with E-state index in [1.807, 2.05) is 18.2 Å². The first-order valence-corrected chi connectivity index (χ1v) is 8.88. The lowest BCUT2D eigenvalue weighted by atomic mass is 10.2. The summed E-state index contributed by atoms with van der Waals surface area (Å²) in [4.78, 5) is 5.97. The number of thiophene rings is 1. The van der Waals surface area contributed by atoms with Crippen LogP contribution in [0.15, 0.2) is 41.8 Å². The van der Waals surface area contributed by atoms with E-state index >= 15 is 0 Å². The molecule has 23 heavy (non-hydrogen) atoms. The first-order chi connectivity index (χ1) is 11.3. The number of aromatic nitrogens is 3. The zero-order chi connectivity index (χ0) is 15.6. The van der Waals surface area contributed by atoms with Gasteiger partial charge < -0.3 is 4.74 Å². The van der Waals surface area contributed by atoms with Crippen LogP contribution in [0.1, 0.15) is 31.7 Å². The molecule has 0 spiro atoms. The summed E-state index contributed by atoms with van der Waals surface area (Å²) in [5.41, 5.74) is 1.09. The van der Waals surface area contributed by atoms with Gasteiger partial charge in [-0.15, -0.1) is 16.4 Å². The van der Waals surface area contributed by atoms with Crippen molar-refractivity contribution < 1.29 is 4.74 Å². The smallest absolute Gasteiger partial charge is 0.191 e. The van der Waals surface area contributed by atoms with E-state index in [1.165, 1.54) is 25.7 Å². The van der Waals surface area contributed by atoms with Crippen LogP contribution in [0.3, 0.4) is 0 Å². The second kappa shape index (κ2) is 6.16. The van der Waals surface area contributed by atoms with E-state index < -0.39 is 0 Å². The third kappa shape index (κ3) is 2.77. The topological polar surface area (TPSA) is 39.9 Å². The van der Waals surface area contributed by atoms with Crippen LogP contribution < -0.4 is 4.74 Å². The molecule has 0 saturated heterocycles. The summed E-state index contributed by atoms with van der Waals surface area (Å²) in [6.45, 7) is 0. The number of hydrogen-bond acceptors (Lipinski definition) is 4. The van der Waals surface area contributed by atoms with E-state index in [4.69, 9.17) is 14.8 Å². The average Bonchev–Trinajstić information content (AvgIpc) is 3.34. The highest BCUT2D eigenvalue weighted by Gasteiger charge is 2.23. The largest absolute Gasteiger partial charge is 0.497 e. The third-order valence-electron chi connectivity index (χ3n) is 4.39. The first kappa shape index (κ1) is 14.5. The number of rotatable bonds is 4. The van der Waals surface area contributed by atoms with Crippen LogP contribution in [0.25, 0.3) is 22.1 Å². The molecular formula is C18H19N3OS. The van der Waals surface area contributed by atoms with Gasteiger partial charge in [-0.3, -0.25) is 0 Å². The summed E-state index contributed by atoms with van der Waals surface area (Å²) in [5, 5.41) is 6.91. The second-order valence-corrected chi connectivity index (χ2v) is 6.80. The van der Waals surface area contributed by atoms with Gasteiger partial charge in [-0.1, -0.05) is 18.9 Å². The molecule has 1 aliphatic rings. The van der Waals surface area contributed by atoms with Gasteiger partial charge in [-0.05, 0) is 48.6 Å². The van der Waals surface area contributed by atoms with Crippen LogP contribution in [-0.2, 0) is 0 Å². The highest BCUT2D eigenvalue weighted by Crippen LogP contribution is 2.34. The van der Waals surface area contributed by atoms with Gasteiger partial charge in [0.15, 0.2) is 11.6 Å². The van der Waals surface area contributed by atoms with Gasteiger partial charge in [-0.25, -0.2) is 9.67 Å². The normalized spacial score (nSPS) is 15.2. The van der Waals surface area contributed by atoms with Gasteiger partial charge >= 0.3 is 0 Å².